The molecule has 20 heavy (non-hydrogen) atoms. The molecule has 1 saturated heterocycles. The van der Waals surface area contributed by atoms with Crippen molar-refractivity contribution in [3.63, 3.8) is 0 Å². The Morgan fingerprint density at radius 2 is 1.15 bits per heavy atom. The van der Waals surface area contributed by atoms with Crippen LogP contribution in [0.1, 0.15) is 19.8 Å². The van der Waals surface area contributed by atoms with E-state index in [2.05, 4.69) is 66.2 Å². The van der Waals surface area contributed by atoms with E-state index in [1.165, 1.54) is 30.4 Å². The number of hydrogen-bond donors (Lipinski definition) is 0. The second-order valence-corrected chi connectivity index (χ2v) is 3.19. The summed E-state index contributed by atoms with van der Waals surface area (Å²) in [7, 11) is 0. The van der Waals surface area contributed by atoms with E-state index in [9.17, 15) is 0 Å². The van der Waals surface area contributed by atoms with Gasteiger partial charge in [-0.05, 0) is 0 Å². The van der Waals surface area contributed by atoms with Crippen LogP contribution in [0, 0.1) is 33.3 Å². The molecule has 0 N–H and O–H groups in total. The molecular formula is C13H13CrNO5. The average Bonchev–Trinajstić information content (AvgIpc) is 3.12. The third kappa shape index (κ3) is 25.6. The molecule has 0 aromatic carbocycles. The van der Waals surface area contributed by atoms with E-state index < -0.39 is 0 Å². The summed E-state index contributed by atoms with van der Waals surface area (Å²) in [5.41, 5.74) is 0. The van der Waals surface area contributed by atoms with Crippen LogP contribution in [0.2, 0.25) is 0 Å². The van der Waals surface area contributed by atoms with E-state index >= 15 is 0 Å². The van der Waals surface area contributed by atoms with Gasteiger partial charge in [0.2, 0.25) is 0 Å². The molecule has 1 aliphatic heterocycles. The van der Waals surface area contributed by atoms with Crippen LogP contribution in [-0.4, -0.2) is 22.5 Å². The van der Waals surface area contributed by atoms with Gasteiger partial charge in [-0.3, -0.25) is 0 Å². The van der Waals surface area contributed by atoms with Crippen molar-refractivity contribution in [2.45, 2.75) is 19.8 Å². The van der Waals surface area contributed by atoms with Crippen LogP contribution >= 0.6 is 0 Å². The van der Waals surface area contributed by atoms with Gasteiger partial charge in [-0.2, -0.15) is 0 Å². The minimum atomic E-state index is 1.23. The first-order valence-electron chi connectivity index (χ1n) is 4.78. The zero-order valence-corrected chi connectivity index (χ0v) is 12.2. The summed E-state index contributed by atoms with van der Waals surface area (Å²) in [5.74, 6) is 0. The molecule has 1 rings (SSSR count). The molecule has 0 atom stereocenters. The fourth-order valence-corrected chi connectivity index (χ4v) is 1.68. The molecule has 0 bridgehead atoms. The van der Waals surface area contributed by atoms with Crippen LogP contribution in [0.5, 0.6) is 0 Å². The molecule has 1 heterocycles. The van der Waals surface area contributed by atoms with Gasteiger partial charge in [0.1, 0.15) is 0 Å². The SMILES string of the molecule is C/C=C/[C](=[Cr])N1CCCC1.[C-]#[O+].[C-]#[O+].[C-]#[O+].[C-]#[O+].[C-]#[O+]. The van der Waals surface area contributed by atoms with Gasteiger partial charge in [0.05, 0.1) is 0 Å². The molecule has 0 aromatic rings. The minimum absolute atomic E-state index is 1.23. The summed E-state index contributed by atoms with van der Waals surface area (Å²) < 4.78 is 38.8. The molecule has 1 aliphatic rings. The Morgan fingerprint density at radius 1 is 0.850 bits per heavy atom. The van der Waals surface area contributed by atoms with Gasteiger partial charge in [0, 0.05) is 0 Å². The van der Waals surface area contributed by atoms with Crippen molar-refractivity contribution < 1.29 is 39.1 Å². The molecule has 1 fully saturated rings. The van der Waals surface area contributed by atoms with Gasteiger partial charge in [0.25, 0.3) is 0 Å². The number of hydrogen-bond acceptors (Lipinski definition) is 1. The number of likely N-dealkylation sites (tertiary alicyclic amines) is 1. The first-order valence-corrected chi connectivity index (χ1v) is 5.42. The van der Waals surface area contributed by atoms with Crippen LogP contribution in [-0.2, 0) is 39.1 Å². The van der Waals surface area contributed by atoms with Gasteiger partial charge in [-0.25, -0.2) is 0 Å². The Kier molecular flexibility index (Phi) is 67.4. The van der Waals surface area contributed by atoms with E-state index in [1.807, 2.05) is 6.92 Å². The second-order valence-electron chi connectivity index (χ2n) is 2.53. The van der Waals surface area contributed by atoms with Gasteiger partial charge in [-0.15, -0.1) is 0 Å². The van der Waals surface area contributed by atoms with Gasteiger partial charge >= 0.3 is 127 Å². The first kappa shape index (κ1) is 31.3. The molecule has 0 unspecified atom stereocenters. The summed E-state index contributed by atoms with van der Waals surface area (Å²) in [6.07, 6.45) is 6.90. The summed E-state index contributed by atoms with van der Waals surface area (Å²) in [5, 5.41) is 0. The van der Waals surface area contributed by atoms with Gasteiger partial charge in [-0.1, -0.05) is 0 Å². The van der Waals surface area contributed by atoms with E-state index in [-0.39, 0.29) is 0 Å². The monoisotopic (exact) mass is 315 g/mol. The van der Waals surface area contributed by atoms with Gasteiger partial charge < -0.3 is 0 Å². The fraction of sp³-hybridized carbons (Fsp3) is 0.385. The third-order valence-corrected chi connectivity index (χ3v) is 2.34. The molecule has 6 nitrogen and oxygen atoms in total. The number of nitrogens with zero attached hydrogens (tertiary/aromatic N) is 1. The molecule has 106 valence electrons. The Morgan fingerprint density at radius 3 is 1.40 bits per heavy atom. The van der Waals surface area contributed by atoms with Crippen molar-refractivity contribution in [3.05, 3.63) is 45.4 Å². The van der Waals surface area contributed by atoms with Crippen LogP contribution in [0.3, 0.4) is 0 Å². The van der Waals surface area contributed by atoms with Crippen LogP contribution in [0.25, 0.3) is 0 Å². The van der Waals surface area contributed by atoms with Crippen molar-refractivity contribution in [1.29, 1.82) is 0 Å². The zero-order chi connectivity index (χ0) is 17.4. The quantitative estimate of drug-likeness (QED) is 0.553. The second kappa shape index (κ2) is 43.1. The van der Waals surface area contributed by atoms with Crippen molar-refractivity contribution in [1.82, 2.24) is 4.90 Å². The maximum absolute atomic E-state index is 7.50. The molecule has 0 aromatic heterocycles. The number of rotatable bonds is 2. The fourth-order valence-electron chi connectivity index (χ4n) is 1.19. The van der Waals surface area contributed by atoms with E-state index in [0.717, 1.165) is 0 Å². The van der Waals surface area contributed by atoms with E-state index in [0.29, 0.717) is 0 Å². The predicted molar refractivity (Wildman–Crippen MR) is 60.3 cm³/mol. The first-order chi connectivity index (χ1) is 9.84. The van der Waals surface area contributed by atoms with E-state index in [4.69, 9.17) is 23.3 Å². The third-order valence-electron chi connectivity index (χ3n) is 1.73. The van der Waals surface area contributed by atoms with E-state index in [1.54, 1.807) is 0 Å². The normalized spacial score (nSPS) is 10.8. The van der Waals surface area contributed by atoms with Crippen molar-refractivity contribution in [2.75, 3.05) is 13.1 Å². The maximum atomic E-state index is 7.50. The van der Waals surface area contributed by atoms with Crippen molar-refractivity contribution >= 4 is 4.50 Å². The topological polar surface area (TPSA) is 103 Å². The van der Waals surface area contributed by atoms with Crippen LogP contribution in [0.15, 0.2) is 12.2 Å². The van der Waals surface area contributed by atoms with Crippen molar-refractivity contribution in [3.8, 4) is 0 Å². The molecule has 7 heteroatoms. The summed E-state index contributed by atoms with van der Waals surface area (Å²) >= 11 is 3.08. The Bertz CT molecular complexity index is 287. The summed E-state index contributed by atoms with van der Waals surface area (Å²) in [6.45, 7) is 27.0. The standard InChI is InChI=1S/C8H13N.5CO.Cr/c1-2-3-6-9-7-4-5-8-9;5*1-2;/h2-3H,4-5,7-8H2,1H3;;;;;;/b3-2+;;;;;;. The molecule has 0 amide bonds. The zero-order valence-electron chi connectivity index (χ0n) is 10.9. The predicted octanol–water partition coefficient (Wildman–Crippen LogP) is 1.15. The van der Waals surface area contributed by atoms with Gasteiger partial charge in [0.15, 0.2) is 0 Å². The van der Waals surface area contributed by atoms with Crippen LogP contribution < -0.4 is 0 Å². The summed E-state index contributed by atoms with van der Waals surface area (Å²) in [6, 6.07) is 0. The Hall–Kier alpha value is -1.20. The summed E-state index contributed by atoms with van der Waals surface area (Å²) in [4.78, 5) is 2.39. The molecule has 0 aliphatic carbocycles. The molecular weight excluding hydrogens is 302 g/mol. The molecule has 0 saturated carbocycles. The average molecular weight is 315 g/mol. The van der Waals surface area contributed by atoms with Crippen LogP contribution in [0.4, 0.5) is 0 Å². The molecule has 0 radical (unpaired) electrons. The Balaban J connectivity index is -0.0000000639. The molecule has 0 spiro atoms. The number of allylic oxidation sites excluding steroid dienone is 1. The Labute approximate surface area is 127 Å². The van der Waals surface area contributed by atoms with Crippen molar-refractivity contribution in [2.24, 2.45) is 0 Å².